The molecule has 1 heterocycles. The molecule has 0 bridgehead atoms. The lowest BCUT2D eigenvalue weighted by Crippen LogP contribution is -2.28. The Kier molecular flexibility index (Phi) is 6.12. The molecule has 3 rings (SSSR count). The molecule has 0 aromatic heterocycles. The third-order valence-electron chi connectivity index (χ3n) is 3.78. The van der Waals surface area contributed by atoms with Gasteiger partial charge in [-0.1, -0.05) is 29.5 Å². The van der Waals surface area contributed by atoms with Gasteiger partial charge in [-0.15, -0.1) is 13.2 Å². The molecule has 0 saturated carbocycles. The van der Waals surface area contributed by atoms with Crippen molar-refractivity contribution in [2.24, 2.45) is 4.99 Å². The van der Waals surface area contributed by atoms with E-state index in [0.29, 0.717) is 16.5 Å². The Morgan fingerprint density at radius 2 is 1.83 bits per heavy atom. The minimum absolute atomic E-state index is 0.107. The van der Waals surface area contributed by atoms with Gasteiger partial charge in [0.1, 0.15) is 11.0 Å². The number of hydrogen-bond acceptors (Lipinski definition) is 5. The van der Waals surface area contributed by atoms with Gasteiger partial charge in [0, 0.05) is 12.1 Å². The van der Waals surface area contributed by atoms with Gasteiger partial charge in [-0.25, -0.2) is 4.99 Å². The summed E-state index contributed by atoms with van der Waals surface area (Å²) in [5.74, 6) is -1.16. The van der Waals surface area contributed by atoms with E-state index in [2.05, 4.69) is 20.4 Å². The zero-order valence-electron chi connectivity index (χ0n) is 15.1. The number of carbonyl (C=O) groups is 2. The third-order valence-corrected chi connectivity index (χ3v) is 4.87. The monoisotopic (exact) mass is 423 g/mol. The number of hydrogen-bond donors (Lipinski definition) is 2. The molecular formula is C19H16F3N3O3S. The predicted octanol–water partition coefficient (Wildman–Crippen LogP) is 4.14. The largest absolute Gasteiger partial charge is 0.573 e. The van der Waals surface area contributed by atoms with Crippen molar-refractivity contribution in [3.63, 3.8) is 0 Å². The SMILES string of the molecule is Cc1ccc(N=C2NC(=O)[C@@H](CC(=O)Nc3ccc(OC(F)(F)F)cc3)S2)cc1. The number of halogens is 3. The highest BCUT2D eigenvalue weighted by Gasteiger charge is 2.32. The Morgan fingerprint density at radius 3 is 2.45 bits per heavy atom. The van der Waals surface area contributed by atoms with Crippen LogP contribution in [0.4, 0.5) is 24.5 Å². The molecule has 10 heteroatoms. The maximum Gasteiger partial charge on any atom is 0.573 e. The van der Waals surface area contributed by atoms with E-state index in [1.54, 1.807) is 0 Å². The van der Waals surface area contributed by atoms with Gasteiger partial charge in [0.15, 0.2) is 5.17 Å². The average molecular weight is 423 g/mol. The number of anilines is 1. The van der Waals surface area contributed by atoms with E-state index in [1.807, 2.05) is 31.2 Å². The van der Waals surface area contributed by atoms with Gasteiger partial charge in [-0.3, -0.25) is 9.59 Å². The van der Waals surface area contributed by atoms with Crippen LogP contribution >= 0.6 is 11.8 Å². The van der Waals surface area contributed by atoms with Crippen LogP contribution in [0.5, 0.6) is 5.75 Å². The van der Waals surface area contributed by atoms with Crippen molar-refractivity contribution in [1.29, 1.82) is 0 Å². The summed E-state index contributed by atoms with van der Waals surface area (Å²) in [6.45, 7) is 1.95. The normalized spacial score (nSPS) is 17.9. The minimum Gasteiger partial charge on any atom is -0.406 e. The molecule has 2 amide bonds. The first-order valence-corrected chi connectivity index (χ1v) is 9.34. The number of benzene rings is 2. The van der Waals surface area contributed by atoms with E-state index >= 15 is 0 Å². The molecule has 2 aromatic carbocycles. The van der Waals surface area contributed by atoms with Crippen molar-refractivity contribution >= 4 is 40.1 Å². The predicted molar refractivity (Wildman–Crippen MR) is 104 cm³/mol. The van der Waals surface area contributed by atoms with Crippen molar-refractivity contribution < 1.29 is 27.5 Å². The quantitative estimate of drug-likeness (QED) is 0.758. The lowest BCUT2D eigenvalue weighted by molar-refractivity contribution is -0.274. The van der Waals surface area contributed by atoms with Crippen LogP contribution in [-0.4, -0.2) is 28.6 Å². The number of aliphatic imine (C=N–C) groups is 1. The first kappa shape index (κ1) is 20.7. The molecule has 2 N–H and O–H groups in total. The van der Waals surface area contributed by atoms with E-state index in [9.17, 15) is 22.8 Å². The highest BCUT2D eigenvalue weighted by molar-refractivity contribution is 8.15. The van der Waals surface area contributed by atoms with Crippen molar-refractivity contribution in [3.8, 4) is 5.75 Å². The van der Waals surface area contributed by atoms with E-state index in [1.165, 1.54) is 12.1 Å². The van der Waals surface area contributed by atoms with Crippen LogP contribution in [0, 0.1) is 6.92 Å². The number of thioether (sulfide) groups is 1. The third kappa shape index (κ3) is 6.24. The number of nitrogens with zero attached hydrogens (tertiary/aromatic N) is 1. The number of nitrogens with one attached hydrogen (secondary N) is 2. The smallest absolute Gasteiger partial charge is 0.406 e. The van der Waals surface area contributed by atoms with Gasteiger partial charge in [0.25, 0.3) is 0 Å². The molecule has 29 heavy (non-hydrogen) atoms. The Morgan fingerprint density at radius 1 is 1.17 bits per heavy atom. The maximum absolute atomic E-state index is 12.2. The molecular weight excluding hydrogens is 407 g/mol. The second-order valence-corrected chi connectivity index (χ2v) is 7.36. The van der Waals surface area contributed by atoms with Crippen LogP contribution in [0.2, 0.25) is 0 Å². The fourth-order valence-electron chi connectivity index (χ4n) is 2.45. The van der Waals surface area contributed by atoms with E-state index in [-0.39, 0.29) is 12.3 Å². The van der Waals surface area contributed by atoms with Gasteiger partial charge in [-0.2, -0.15) is 0 Å². The minimum atomic E-state index is -4.78. The summed E-state index contributed by atoms with van der Waals surface area (Å²) < 4.78 is 40.3. The summed E-state index contributed by atoms with van der Waals surface area (Å²) in [4.78, 5) is 28.6. The number of aryl methyl sites for hydroxylation is 1. The lowest BCUT2D eigenvalue weighted by atomic mass is 10.2. The molecule has 1 fully saturated rings. The van der Waals surface area contributed by atoms with Crippen LogP contribution in [0.3, 0.4) is 0 Å². The summed E-state index contributed by atoms with van der Waals surface area (Å²) >= 11 is 1.15. The van der Waals surface area contributed by atoms with Crippen LogP contribution < -0.4 is 15.4 Å². The van der Waals surface area contributed by atoms with Crippen molar-refractivity contribution in [2.45, 2.75) is 25.0 Å². The van der Waals surface area contributed by atoms with Gasteiger partial charge in [-0.05, 0) is 43.3 Å². The molecule has 0 spiro atoms. The number of amides is 2. The molecule has 152 valence electrons. The first-order chi connectivity index (χ1) is 13.7. The summed E-state index contributed by atoms with van der Waals surface area (Å²) in [7, 11) is 0. The van der Waals surface area contributed by atoms with Gasteiger partial charge in [0.2, 0.25) is 11.8 Å². The zero-order valence-corrected chi connectivity index (χ0v) is 15.9. The fourth-order valence-corrected chi connectivity index (χ4v) is 3.44. The van der Waals surface area contributed by atoms with Crippen molar-refractivity contribution in [1.82, 2.24) is 5.32 Å². The Labute approximate surface area is 168 Å². The van der Waals surface area contributed by atoms with Crippen LogP contribution in [0.15, 0.2) is 53.5 Å². The maximum atomic E-state index is 12.2. The highest BCUT2D eigenvalue weighted by atomic mass is 32.2. The average Bonchev–Trinajstić information content (AvgIpc) is 2.96. The summed E-state index contributed by atoms with van der Waals surface area (Å²) in [5, 5.41) is 4.94. The molecule has 0 radical (unpaired) electrons. The summed E-state index contributed by atoms with van der Waals surface area (Å²) in [5.41, 5.74) is 2.07. The standard InChI is InChI=1S/C19H16F3N3O3S/c1-11-2-4-13(5-3-11)24-18-25-17(27)15(29-18)10-16(26)23-12-6-8-14(9-7-12)28-19(20,21)22/h2-9,15H,10H2,1H3,(H,23,26)(H,24,25,27)/t15-/m1/s1. The van der Waals surface area contributed by atoms with Crippen molar-refractivity contribution in [3.05, 3.63) is 54.1 Å². The molecule has 1 atom stereocenters. The van der Waals surface area contributed by atoms with E-state index in [0.717, 1.165) is 29.5 Å². The van der Waals surface area contributed by atoms with Crippen molar-refractivity contribution in [2.75, 3.05) is 5.32 Å². The Bertz CT molecular complexity index is 928. The van der Waals surface area contributed by atoms with Crippen LogP contribution in [-0.2, 0) is 9.59 Å². The second-order valence-electron chi connectivity index (χ2n) is 6.17. The Hall–Kier alpha value is -3.01. The topological polar surface area (TPSA) is 79.8 Å². The summed E-state index contributed by atoms with van der Waals surface area (Å²) in [6.07, 6.45) is -4.89. The number of alkyl halides is 3. The van der Waals surface area contributed by atoms with Gasteiger partial charge >= 0.3 is 6.36 Å². The van der Waals surface area contributed by atoms with Crippen LogP contribution in [0.1, 0.15) is 12.0 Å². The van der Waals surface area contributed by atoms with Gasteiger partial charge < -0.3 is 15.4 Å². The molecule has 6 nitrogen and oxygen atoms in total. The zero-order chi connectivity index (χ0) is 21.0. The molecule has 0 unspecified atom stereocenters. The van der Waals surface area contributed by atoms with Crippen LogP contribution in [0.25, 0.3) is 0 Å². The van der Waals surface area contributed by atoms with E-state index in [4.69, 9.17) is 0 Å². The first-order valence-electron chi connectivity index (χ1n) is 8.46. The molecule has 1 aliphatic rings. The molecule has 0 aliphatic carbocycles. The Balaban J connectivity index is 1.55. The second kappa shape index (κ2) is 8.56. The summed E-state index contributed by atoms with van der Waals surface area (Å²) in [6, 6.07) is 12.2. The molecule has 1 aliphatic heterocycles. The number of ether oxygens (including phenoxy) is 1. The number of amidine groups is 1. The van der Waals surface area contributed by atoms with E-state index < -0.39 is 23.3 Å². The highest BCUT2D eigenvalue weighted by Crippen LogP contribution is 2.27. The number of carbonyl (C=O) groups excluding carboxylic acids is 2. The van der Waals surface area contributed by atoms with Gasteiger partial charge in [0.05, 0.1) is 5.69 Å². The molecule has 1 saturated heterocycles. The molecule has 2 aromatic rings. The fraction of sp³-hybridized carbons (Fsp3) is 0.211. The lowest BCUT2D eigenvalue weighted by Gasteiger charge is -2.10. The number of rotatable bonds is 5.